The van der Waals surface area contributed by atoms with Crippen molar-refractivity contribution in [3.8, 4) is 0 Å². The van der Waals surface area contributed by atoms with Crippen LogP contribution in [0.1, 0.15) is 0 Å². The molecule has 4 N–H and O–H groups in total. The van der Waals surface area contributed by atoms with Gasteiger partial charge in [0.05, 0.1) is 0 Å². The van der Waals surface area contributed by atoms with Gasteiger partial charge in [0, 0.05) is 0 Å². The van der Waals surface area contributed by atoms with Crippen molar-refractivity contribution in [3.05, 3.63) is 121 Å². The van der Waals surface area contributed by atoms with E-state index in [4.69, 9.17) is 11.2 Å². The second-order valence-electron chi connectivity index (χ2n) is 8.62. The van der Waals surface area contributed by atoms with Crippen LogP contribution in [0.15, 0.2) is 121 Å². The summed E-state index contributed by atoms with van der Waals surface area (Å²) in [6, 6.07) is 41.1. The van der Waals surface area contributed by atoms with Gasteiger partial charge in [0.2, 0.25) is 0 Å². The number of hydrogen-bond acceptors (Lipinski definition) is 4. The SMILES string of the molecule is ClP(CNc1ccccc1)(CNc1ccccc1)(CNc1ccccc1)CNc1ccccc1. The molecular weight excluding hydrogens is 459 g/mol. The van der Waals surface area contributed by atoms with Crippen molar-refractivity contribution in [2.75, 3.05) is 46.4 Å². The summed E-state index contributed by atoms with van der Waals surface area (Å²) in [6.45, 7) is 0. The first-order chi connectivity index (χ1) is 16.6. The molecule has 34 heavy (non-hydrogen) atoms. The van der Waals surface area contributed by atoms with Gasteiger partial charge in [0.15, 0.2) is 0 Å². The van der Waals surface area contributed by atoms with Gasteiger partial charge >= 0.3 is 208 Å². The molecule has 4 aromatic rings. The van der Waals surface area contributed by atoms with Gasteiger partial charge in [0.25, 0.3) is 0 Å². The number of anilines is 4. The van der Waals surface area contributed by atoms with Crippen LogP contribution in [0.2, 0.25) is 0 Å². The molecule has 0 aliphatic rings. The van der Waals surface area contributed by atoms with Crippen molar-refractivity contribution in [1.82, 2.24) is 0 Å². The standard InChI is InChI=1S/C28H32ClN4P/c29-34(21-30-25-13-5-1-6-14-25,22-31-26-15-7-2-8-16-26,23-32-27-17-9-3-10-18-27)24-33-28-19-11-4-12-20-28/h1-20,30-33H,21-24H2. The summed E-state index contributed by atoms with van der Waals surface area (Å²) in [5.74, 6) is -3.00. The van der Waals surface area contributed by atoms with Crippen LogP contribution in [0.3, 0.4) is 0 Å². The number of para-hydroxylation sites is 4. The Labute approximate surface area is 207 Å². The van der Waals surface area contributed by atoms with E-state index < -0.39 is 5.96 Å². The van der Waals surface area contributed by atoms with Crippen LogP contribution < -0.4 is 21.3 Å². The third-order valence-corrected chi connectivity index (χ3v) is 11.0. The van der Waals surface area contributed by atoms with E-state index in [9.17, 15) is 0 Å². The van der Waals surface area contributed by atoms with E-state index in [0.717, 1.165) is 22.7 Å². The molecule has 0 aliphatic carbocycles. The summed E-state index contributed by atoms with van der Waals surface area (Å²) >= 11 is 7.88. The second-order valence-corrected chi connectivity index (χ2v) is 16.4. The van der Waals surface area contributed by atoms with Crippen molar-refractivity contribution in [3.63, 3.8) is 0 Å². The fourth-order valence-electron chi connectivity index (χ4n) is 3.71. The van der Waals surface area contributed by atoms with Gasteiger partial charge in [-0.05, 0) is 0 Å². The molecule has 4 aromatic carbocycles. The fourth-order valence-corrected chi connectivity index (χ4v) is 7.41. The zero-order valence-corrected chi connectivity index (χ0v) is 20.9. The zero-order valence-electron chi connectivity index (χ0n) is 19.2. The Morgan fingerprint density at radius 3 is 0.794 bits per heavy atom. The number of halogens is 1. The van der Waals surface area contributed by atoms with Gasteiger partial charge < -0.3 is 0 Å². The normalized spacial score (nSPS) is 12.2. The van der Waals surface area contributed by atoms with E-state index in [1.807, 2.05) is 72.8 Å². The second kappa shape index (κ2) is 11.3. The Kier molecular flexibility index (Phi) is 7.95. The first-order valence-corrected chi connectivity index (χ1v) is 15.4. The van der Waals surface area contributed by atoms with Crippen molar-refractivity contribution < 1.29 is 0 Å². The van der Waals surface area contributed by atoms with Crippen LogP contribution in [-0.4, -0.2) is 25.1 Å². The first-order valence-electron chi connectivity index (χ1n) is 11.5. The number of hydrogen-bond donors (Lipinski definition) is 4. The monoisotopic (exact) mass is 490 g/mol. The molecule has 0 saturated carbocycles. The van der Waals surface area contributed by atoms with E-state index in [1.54, 1.807) is 0 Å². The van der Waals surface area contributed by atoms with Gasteiger partial charge in [0.1, 0.15) is 0 Å². The van der Waals surface area contributed by atoms with Crippen molar-refractivity contribution in [2.24, 2.45) is 0 Å². The van der Waals surface area contributed by atoms with E-state index in [2.05, 4.69) is 69.8 Å². The number of benzene rings is 4. The summed E-state index contributed by atoms with van der Waals surface area (Å²) in [5, 5.41) is 14.6. The van der Waals surface area contributed by atoms with E-state index in [1.165, 1.54) is 0 Å². The van der Waals surface area contributed by atoms with Crippen LogP contribution in [0.4, 0.5) is 22.7 Å². The van der Waals surface area contributed by atoms with Gasteiger partial charge in [-0.25, -0.2) is 0 Å². The molecule has 0 saturated heterocycles. The first kappa shape index (κ1) is 23.9. The molecule has 176 valence electrons. The summed E-state index contributed by atoms with van der Waals surface area (Å²) in [5.41, 5.74) is 4.26. The van der Waals surface area contributed by atoms with Crippen molar-refractivity contribution >= 4 is 39.9 Å². The van der Waals surface area contributed by atoms with Gasteiger partial charge in [-0.1, -0.05) is 0 Å². The van der Waals surface area contributed by atoms with Crippen molar-refractivity contribution in [2.45, 2.75) is 0 Å². The maximum atomic E-state index is 7.88. The third kappa shape index (κ3) is 6.90. The predicted molar refractivity (Wildman–Crippen MR) is 152 cm³/mol. The summed E-state index contributed by atoms with van der Waals surface area (Å²) in [7, 11) is 0. The molecule has 0 heterocycles. The van der Waals surface area contributed by atoms with E-state index >= 15 is 0 Å². The van der Waals surface area contributed by atoms with Crippen molar-refractivity contribution in [1.29, 1.82) is 0 Å². The van der Waals surface area contributed by atoms with Crippen LogP contribution in [0, 0.1) is 0 Å². The summed E-state index contributed by atoms with van der Waals surface area (Å²) < 4.78 is 0. The molecule has 0 aliphatic heterocycles. The van der Waals surface area contributed by atoms with Crippen LogP contribution in [0.5, 0.6) is 0 Å². The molecule has 0 atom stereocenters. The van der Waals surface area contributed by atoms with Gasteiger partial charge in [-0.15, -0.1) is 0 Å². The molecule has 0 radical (unpaired) electrons. The summed E-state index contributed by atoms with van der Waals surface area (Å²) in [4.78, 5) is 0. The quantitative estimate of drug-likeness (QED) is 0.152. The molecule has 4 rings (SSSR count). The van der Waals surface area contributed by atoms with E-state index in [-0.39, 0.29) is 0 Å². The van der Waals surface area contributed by atoms with E-state index in [0.29, 0.717) is 25.1 Å². The minimum absolute atomic E-state index is 0.663. The molecule has 0 bridgehead atoms. The number of nitrogens with one attached hydrogen (secondary N) is 4. The zero-order chi connectivity index (χ0) is 23.6. The molecule has 0 spiro atoms. The molecule has 6 heteroatoms. The fraction of sp³-hybridized carbons (Fsp3) is 0.143. The molecule has 0 aromatic heterocycles. The average Bonchev–Trinajstić information content (AvgIpc) is 2.92. The maximum absolute atomic E-state index is 7.88. The average molecular weight is 491 g/mol. The Morgan fingerprint density at radius 1 is 0.382 bits per heavy atom. The van der Waals surface area contributed by atoms with Crippen LogP contribution >= 0.6 is 17.2 Å². The molecular formula is C28H32ClN4P. The Morgan fingerprint density at radius 2 is 0.588 bits per heavy atom. The molecule has 0 fully saturated rings. The topological polar surface area (TPSA) is 48.1 Å². The number of rotatable bonds is 12. The Hall–Kier alpha value is -3.20. The molecule has 4 nitrogen and oxygen atoms in total. The van der Waals surface area contributed by atoms with Crippen LogP contribution in [-0.2, 0) is 0 Å². The Bertz CT molecular complexity index is 943. The molecule has 0 unspecified atom stereocenters. The molecule has 0 amide bonds. The predicted octanol–water partition coefficient (Wildman–Crippen LogP) is 7.97. The summed E-state index contributed by atoms with van der Waals surface area (Å²) in [6.07, 6.45) is 2.65. The van der Waals surface area contributed by atoms with Gasteiger partial charge in [-0.3, -0.25) is 0 Å². The minimum atomic E-state index is -3.00. The van der Waals surface area contributed by atoms with Crippen LogP contribution in [0.25, 0.3) is 0 Å². The Balaban J connectivity index is 1.62. The third-order valence-electron chi connectivity index (χ3n) is 5.81. The van der Waals surface area contributed by atoms with Gasteiger partial charge in [-0.2, -0.15) is 0 Å².